The Kier molecular flexibility index (Phi) is 5.07. The van der Waals surface area contributed by atoms with Crippen LogP contribution in [0.1, 0.15) is 19.8 Å². The molecule has 1 aliphatic heterocycles. The van der Waals surface area contributed by atoms with Crippen LogP contribution in [0.4, 0.5) is 0 Å². The third kappa shape index (κ3) is 4.98. The van der Waals surface area contributed by atoms with Crippen LogP contribution in [0, 0.1) is 0 Å². The fourth-order valence-corrected chi connectivity index (χ4v) is 5.48. The molecule has 1 aromatic heterocycles. The molecule has 2 heterocycles. The van der Waals surface area contributed by atoms with Crippen molar-refractivity contribution in [3.8, 4) is 0 Å². The molecule has 23 heavy (non-hydrogen) atoms. The summed E-state index contributed by atoms with van der Waals surface area (Å²) in [6.45, 7) is 1.60. The highest BCUT2D eigenvalue weighted by atomic mass is 32.2. The highest BCUT2D eigenvalue weighted by molar-refractivity contribution is 7.91. The fourth-order valence-electron chi connectivity index (χ4n) is 2.40. The van der Waals surface area contributed by atoms with Gasteiger partial charge in [-0.3, -0.25) is 9.78 Å². The Morgan fingerprint density at radius 1 is 1.43 bits per heavy atom. The maximum atomic E-state index is 11.9. The number of sulfonamides is 1. The third-order valence-corrected chi connectivity index (χ3v) is 6.88. The SMILES string of the molecule is CC1(NC(=O)CCNS(=O)(=O)c2cccnc2)CCS(=O)(=O)C1. The molecule has 1 fully saturated rings. The van der Waals surface area contributed by atoms with Crippen molar-refractivity contribution in [2.24, 2.45) is 0 Å². The first-order valence-electron chi connectivity index (χ1n) is 7.03. The van der Waals surface area contributed by atoms with Gasteiger partial charge in [0.2, 0.25) is 15.9 Å². The van der Waals surface area contributed by atoms with E-state index in [-0.39, 0.29) is 29.4 Å². The van der Waals surface area contributed by atoms with Crippen molar-refractivity contribution in [2.75, 3.05) is 18.1 Å². The van der Waals surface area contributed by atoms with E-state index in [1.807, 2.05) is 0 Å². The molecule has 2 rings (SSSR count). The van der Waals surface area contributed by atoms with Crippen LogP contribution in [0.25, 0.3) is 0 Å². The lowest BCUT2D eigenvalue weighted by Crippen LogP contribution is -2.47. The Labute approximate surface area is 135 Å². The predicted octanol–water partition coefficient (Wildman–Crippen LogP) is -0.557. The van der Waals surface area contributed by atoms with E-state index in [1.165, 1.54) is 24.5 Å². The van der Waals surface area contributed by atoms with E-state index < -0.39 is 31.3 Å². The highest BCUT2D eigenvalue weighted by Crippen LogP contribution is 2.22. The molecule has 0 radical (unpaired) electrons. The van der Waals surface area contributed by atoms with Gasteiger partial charge in [0, 0.05) is 25.4 Å². The molecular formula is C13H19N3O5S2. The first kappa shape index (κ1) is 17.8. The van der Waals surface area contributed by atoms with Crippen molar-refractivity contribution < 1.29 is 21.6 Å². The van der Waals surface area contributed by atoms with Crippen molar-refractivity contribution in [2.45, 2.75) is 30.2 Å². The molecule has 10 heteroatoms. The lowest BCUT2D eigenvalue weighted by atomic mass is 10.0. The number of rotatable bonds is 6. The fraction of sp³-hybridized carbons (Fsp3) is 0.538. The van der Waals surface area contributed by atoms with Crippen LogP contribution in [-0.4, -0.2) is 51.3 Å². The van der Waals surface area contributed by atoms with Gasteiger partial charge in [0.1, 0.15) is 4.90 Å². The smallest absolute Gasteiger partial charge is 0.242 e. The molecule has 128 valence electrons. The first-order valence-corrected chi connectivity index (χ1v) is 10.3. The van der Waals surface area contributed by atoms with Crippen LogP contribution in [0.5, 0.6) is 0 Å². The number of carbonyl (C=O) groups is 1. The Hall–Kier alpha value is -1.52. The zero-order valence-corrected chi connectivity index (χ0v) is 14.3. The molecule has 1 atom stereocenters. The molecule has 2 N–H and O–H groups in total. The Morgan fingerprint density at radius 3 is 2.74 bits per heavy atom. The van der Waals surface area contributed by atoms with Gasteiger partial charge < -0.3 is 5.32 Å². The summed E-state index contributed by atoms with van der Waals surface area (Å²) < 4.78 is 49.2. The molecule has 0 bridgehead atoms. The largest absolute Gasteiger partial charge is 0.350 e. The lowest BCUT2D eigenvalue weighted by molar-refractivity contribution is -0.122. The van der Waals surface area contributed by atoms with Crippen molar-refractivity contribution in [3.05, 3.63) is 24.5 Å². The lowest BCUT2D eigenvalue weighted by Gasteiger charge is -2.23. The summed E-state index contributed by atoms with van der Waals surface area (Å²) in [5, 5.41) is 2.67. The van der Waals surface area contributed by atoms with Gasteiger partial charge in [-0.2, -0.15) is 0 Å². The molecular weight excluding hydrogens is 342 g/mol. The van der Waals surface area contributed by atoms with Gasteiger partial charge in [0.05, 0.1) is 17.0 Å². The number of sulfone groups is 1. The van der Waals surface area contributed by atoms with E-state index in [0.717, 1.165) is 0 Å². The number of pyridine rings is 1. The third-order valence-electron chi connectivity index (χ3n) is 3.53. The minimum Gasteiger partial charge on any atom is -0.350 e. The van der Waals surface area contributed by atoms with Gasteiger partial charge in [-0.15, -0.1) is 0 Å². The topological polar surface area (TPSA) is 122 Å². The second-order valence-electron chi connectivity index (χ2n) is 5.79. The molecule has 1 amide bonds. The van der Waals surface area contributed by atoms with Crippen molar-refractivity contribution in [3.63, 3.8) is 0 Å². The van der Waals surface area contributed by atoms with Gasteiger partial charge in [-0.05, 0) is 25.5 Å². The monoisotopic (exact) mass is 361 g/mol. The van der Waals surface area contributed by atoms with E-state index in [9.17, 15) is 21.6 Å². The number of carbonyl (C=O) groups excluding carboxylic acids is 1. The number of amides is 1. The Balaban J connectivity index is 1.84. The number of nitrogens with one attached hydrogen (secondary N) is 2. The van der Waals surface area contributed by atoms with Crippen LogP contribution in [-0.2, 0) is 24.7 Å². The number of aromatic nitrogens is 1. The average Bonchev–Trinajstić information content (AvgIpc) is 2.73. The van der Waals surface area contributed by atoms with Crippen molar-refractivity contribution in [1.29, 1.82) is 0 Å². The zero-order valence-electron chi connectivity index (χ0n) is 12.6. The van der Waals surface area contributed by atoms with Crippen LogP contribution < -0.4 is 10.0 Å². The summed E-state index contributed by atoms with van der Waals surface area (Å²) >= 11 is 0. The van der Waals surface area contributed by atoms with E-state index in [2.05, 4.69) is 15.0 Å². The molecule has 8 nitrogen and oxygen atoms in total. The summed E-state index contributed by atoms with van der Waals surface area (Å²) in [7, 11) is -6.82. The molecule has 0 spiro atoms. The maximum absolute atomic E-state index is 11.9. The summed E-state index contributed by atoms with van der Waals surface area (Å²) in [6.07, 6.45) is 2.97. The Morgan fingerprint density at radius 2 is 2.17 bits per heavy atom. The van der Waals surface area contributed by atoms with Gasteiger partial charge in [0.25, 0.3) is 0 Å². The molecule has 0 aliphatic carbocycles. The molecule has 0 saturated carbocycles. The standard InChI is InChI=1S/C13H19N3O5S2/c1-13(5-8-22(18,19)10-13)16-12(17)4-7-15-23(20,21)11-3-2-6-14-9-11/h2-3,6,9,15H,4-5,7-8,10H2,1H3,(H,16,17). The predicted molar refractivity (Wildman–Crippen MR) is 83.9 cm³/mol. The second-order valence-corrected chi connectivity index (χ2v) is 9.74. The highest BCUT2D eigenvalue weighted by Gasteiger charge is 2.39. The van der Waals surface area contributed by atoms with E-state index in [4.69, 9.17) is 0 Å². The minimum atomic E-state index is -3.71. The zero-order chi connectivity index (χ0) is 17.1. The number of hydrogen-bond acceptors (Lipinski definition) is 6. The van der Waals surface area contributed by atoms with E-state index in [1.54, 1.807) is 6.92 Å². The summed E-state index contributed by atoms with van der Waals surface area (Å²) in [4.78, 5) is 15.6. The van der Waals surface area contributed by atoms with Gasteiger partial charge in [0.15, 0.2) is 9.84 Å². The van der Waals surface area contributed by atoms with Crippen LogP contribution in [0.2, 0.25) is 0 Å². The molecule has 1 unspecified atom stereocenters. The van der Waals surface area contributed by atoms with Crippen molar-refractivity contribution in [1.82, 2.24) is 15.0 Å². The summed E-state index contributed by atoms with van der Waals surface area (Å²) in [5.74, 6) is -0.427. The molecule has 1 aliphatic rings. The summed E-state index contributed by atoms with van der Waals surface area (Å²) in [6, 6.07) is 2.91. The molecule has 1 saturated heterocycles. The minimum absolute atomic E-state index is 0.0225. The molecule has 0 aromatic carbocycles. The van der Waals surface area contributed by atoms with E-state index >= 15 is 0 Å². The summed E-state index contributed by atoms with van der Waals surface area (Å²) in [5.41, 5.74) is -0.780. The van der Waals surface area contributed by atoms with Gasteiger partial charge >= 0.3 is 0 Å². The Bertz CT molecular complexity index is 777. The maximum Gasteiger partial charge on any atom is 0.242 e. The quantitative estimate of drug-likeness (QED) is 0.700. The van der Waals surface area contributed by atoms with Crippen molar-refractivity contribution >= 4 is 25.8 Å². The van der Waals surface area contributed by atoms with Gasteiger partial charge in [-0.1, -0.05) is 0 Å². The molecule has 1 aromatic rings. The number of nitrogens with zero attached hydrogens (tertiary/aromatic N) is 1. The first-order chi connectivity index (χ1) is 10.6. The van der Waals surface area contributed by atoms with Crippen LogP contribution in [0.15, 0.2) is 29.4 Å². The second kappa shape index (κ2) is 6.54. The van der Waals surface area contributed by atoms with E-state index in [0.29, 0.717) is 6.42 Å². The average molecular weight is 361 g/mol. The normalized spacial score (nSPS) is 23.5. The van der Waals surface area contributed by atoms with Crippen LogP contribution >= 0.6 is 0 Å². The van der Waals surface area contributed by atoms with Gasteiger partial charge in [-0.25, -0.2) is 21.6 Å². The van der Waals surface area contributed by atoms with Crippen LogP contribution in [0.3, 0.4) is 0 Å². The number of hydrogen-bond donors (Lipinski definition) is 2.